The molecule has 2 aliphatic heterocycles. The lowest BCUT2D eigenvalue weighted by molar-refractivity contribution is 0.223. The molecule has 0 unspecified atom stereocenters. The number of nitrogens with one attached hydrogen (secondary N) is 1. The molecule has 0 radical (unpaired) electrons. The highest BCUT2D eigenvalue weighted by Gasteiger charge is 2.41. The Labute approximate surface area is 207 Å². The summed E-state index contributed by atoms with van der Waals surface area (Å²) >= 11 is 1.72. The predicted octanol–water partition coefficient (Wildman–Crippen LogP) is 5.58. The Balaban J connectivity index is 1.59. The average molecular weight is 485 g/mol. The standard InChI is InChI=1S/C27H24N4O3S/c1-32-21-13-10-17(14-22(21)33-2)25-23-24(30-27-28-15-29-31(25)27)19-6-4-5-7-20(19)34-26(23)16-8-11-18(35-3)12-9-16/h4-15,25-26H,1-3H3,(H,28,29,30)/t25-,26-/m0/s1. The van der Waals surface area contributed by atoms with Gasteiger partial charge in [-0.05, 0) is 53.8 Å². The molecular formula is C27H24N4O3S. The van der Waals surface area contributed by atoms with E-state index in [1.807, 2.05) is 41.1 Å². The zero-order chi connectivity index (χ0) is 23.9. The van der Waals surface area contributed by atoms with Crippen LogP contribution in [0.15, 0.2) is 83.5 Å². The second-order valence-corrected chi connectivity index (χ2v) is 9.15. The van der Waals surface area contributed by atoms with Gasteiger partial charge < -0.3 is 19.5 Å². The van der Waals surface area contributed by atoms with Crippen LogP contribution in [0.25, 0.3) is 5.70 Å². The van der Waals surface area contributed by atoms with E-state index in [-0.39, 0.29) is 12.1 Å². The molecule has 0 saturated heterocycles. The molecule has 1 N–H and O–H groups in total. The number of anilines is 1. The maximum Gasteiger partial charge on any atom is 0.226 e. The number of benzene rings is 3. The van der Waals surface area contributed by atoms with Gasteiger partial charge in [0, 0.05) is 16.0 Å². The van der Waals surface area contributed by atoms with Crippen LogP contribution in [-0.4, -0.2) is 35.2 Å². The minimum absolute atomic E-state index is 0.262. The van der Waals surface area contributed by atoms with Gasteiger partial charge in [0.1, 0.15) is 24.2 Å². The molecule has 7 nitrogen and oxygen atoms in total. The van der Waals surface area contributed by atoms with Crippen LogP contribution in [0.5, 0.6) is 17.2 Å². The predicted molar refractivity (Wildman–Crippen MR) is 136 cm³/mol. The van der Waals surface area contributed by atoms with Crippen molar-refractivity contribution in [3.8, 4) is 17.2 Å². The molecule has 4 aromatic rings. The summed E-state index contributed by atoms with van der Waals surface area (Å²) in [4.78, 5) is 5.70. The monoisotopic (exact) mass is 484 g/mol. The summed E-state index contributed by atoms with van der Waals surface area (Å²) in [6.07, 6.45) is 3.33. The summed E-state index contributed by atoms with van der Waals surface area (Å²) in [5, 5.41) is 8.13. The molecule has 3 aromatic carbocycles. The van der Waals surface area contributed by atoms with Crippen LogP contribution in [-0.2, 0) is 0 Å². The third kappa shape index (κ3) is 3.52. The molecule has 0 spiro atoms. The summed E-state index contributed by atoms with van der Waals surface area (Å²) in [5.74, 6) is 2.84. The van der Waals surface area contributed by atoms with Crippen LogP contribution >= 0.6 is 11.8 Å². The van der Waals surface area contributed by atoms with Crippen LogP contribution in [0.2, 0.25) is 0 Å². The fraction of sp³-hybridized carbons (Fsp3) is 0.185. The van der Waals surface area contributed by atoms with Crippen molar-refractivity contribution in [2.24, 2.45) is 0 Å². The third-order valence-electron chi connectivity index (χ3n) is 6.46. The Morgan fingerprint density at radius 3 is 2.49 bits per heavy atom. The number of methoxy groups -OCH3 is 2. The fourth-order valence-electron chi connectivity index (χ4n) is 4.81. The number of thioether (sulfide) groups is 1. The van der Waals surface area contributed by atoms with Gasteiger partial charge in [0.2, 0.25) is 5.95 Å². The van der Waals surface area contributed by atoms with Gasteiger partial charge in [-0.1, -0.05) is 30.3 Å². The van der Waals surface area contributed by atoms with Crippen molar-refractivity contribution in [1.82, 2.24) is 14.8 Å². The second-order valence-electron chi connectivity index (χ2n) is 8.27. The van der Waals surface area contributed by atoms with Crippen LogP contribution in [0.1, 0.15) is 28.8 Å². The van der Waals surface area contributed by atoms with E-state index in [1.54, 1.807) is 32.3 Å². The molecule has 2 atom stereocenters. The Morgan fingerprint density at radius 1 is 0.943 bits per heavy atom. The van der Waals surface area contributed by atoms with E-state index in [4.69, 9.17) is 14.2 Å². The van der Waals surface area contributed by atoms with Gasteiger partial charge in [0.05, 0.1) is 19.9 Å². The topological polar surface area (TPSA) is 70.4 Å². The lowest BCUT2D eigenvalue weighted by atomic mass is 9.84. The SMILES string of the molecule is COc1ccc([C@H]2C3=C(Nc4ncnn42)c2ccccc2O[C@H]3c2ccc(SC)cc2)cc1OC. The van der Waals surface area contributed by atoms with Crippen molar-refractivity contribution in [3.05, 3.63) is 95.3 Å². The Hall–Kier alpha value is -3.91. The maximum atomic E-state index is 6.68. The van der Waals surface area contributed by atoms with Gasteiger partial charge in [0.15, 0.2) is 11.5 Å². The number of ether oxygens (including phenoxy) is 3. The molecule has 6 rings (SSSR count). The molecule has 3 heterocycles. The van der Waals surface area contributed by atoms with E-state index < -0.39 is 0 Å². The van der Waals surface area contributed by atoms with Crippen LogP contribution in [0.4, 0.5) is 5.95 Å². The number of aromatic nitrogens is 3. The number of hydrogen-bond acceptors (Lipinski definition) is 7. The summed E-state index contributed by atoms with van der Waals surface area (Å²) < 4.78 is 19.7. The van der Waals surface area contributed by atoms with E-state index in [9.17, 15) is 0 Å². The number of fused-ring (bicyclic) bond motifs is 3. The fourth-order valence-corrected chi connectivity index (χ4v) is 5.22. The van der Waals surface area contributed by atoms with E-state index in [2.05, 4.69) is 52.0 Å². The summed E-state index contributed by atoms with van der Waals surface area (Å²) in [6, 6.07) is 22.3. The first-order chi connectivity index (χ1) is 17.2. The Morgan fingerprint density at radius 2 is 1.71 bits per heavy atom. The highest BCUT2D eigenvalue weighted by molar-refractivity contribution is 7.98. The molecule has 0 aliphatic carbocycles. The van der Waals surface area contributed by atoms with Gasteiger partial charge in [-0.25, -0.2) is 4.68 Å². The molecule has 0 fully saturated rings. The maximum absolute atomic E-state index is 6.68. The third-order valence-corrected chi connectivity index (χ3v) is 7.21. The Kier molecular flexibility index (Phi) is 5.37. The van der Waals surface area contributed by atoms with Gasteiger partial charge in [-0.3, -0.25) is 0 Å². The molecule has 0 amide bonds. The molecule has 1 aromatic heterocycles. The Bertz CT molecular complexity index is 1430. The first-order valence-electron chi connectivity index (χ1n) is 11.2. The number of rotatable bonds is 5. The summed E-state index contributed by atoms with van der Waals surface area (Å²) in [6.45, 7) is 0. The molecule has 0 saturated carbocycles. The molecule has 2 aliphatic rings. The van der Waals surface area contributed by atoms with Crippen LogP contribution in [0.3, 0.4) is 0 Å². The molecule has 0 bridgehead atoms. The zero-order valence-electron chi connectivity index (χ0n) is 19.6. The quantitative estimate of drug-likeness (QED) is 0.371. The van der Waals surface area contributed by atoms with Crippen molar-refractivity contribution >= 4 is 23.4 Å². The smallest absolute Gasteiger partial charge is 0.226 e. The second kappa shape index (κ2) is 8.70. The lowest BCUT2D eigenvalue weighted by Gasteiger charge is -2.39. The van der Waals surface area contributed by atoms with Crippen molar-refractivity contribution in [2.75, 3.05) is 25.8 Å². The van der Waals surface area contributed by atoms with Gasteiger partial charge in [-0.2, -0.15) is 10.1 Å². The van der Waals surface area contributed by atoms with E-state index in [0.717, 1.165) is 33.7 Å². The minimum atomic E-state index is -0.321. The summed E-state index contributed by atoms with van der Waals surface area (Å²) in [5.41, 5.74) is 5.12. The largest absolute Gasteiger partial charge is 0.493 e. The average Bonchev–Trinajstić information content (AvgIpc) is 3.39. The highest BCUT2D eigenvalue weighted by Crippen LogP contribution is 2.51. The van der Waals surface area contributed by atoms with Crippen LogP contribution in [0, 0.1) is 0 Å². The summed E-state index contributed by atoms with van der Waals surface area (Å²) in [7, 11) is 3.28. The number of nitrogens with zero attached hydrogens (tertiary/aromatic N) is 3. The van der Waals surface area contributed by atoms with Gasteiger partial charge >= 0.3 is 0 Å². The van der Waals surface area contributed by atoms with Gasteiger partial charge in [-0.15, -0.1) is 11.8 Å². The van der Waals surface area contributed by atoms with Gasteiger partial charge in [0.25, 0.3) is 0 Å². The van der Waals surface area contributed by atoms with Crippen molar-refractivity contribution in [1.29, 1.82) is 0 Å². The first-order valence-corrected chi connectivity index (χ1v) is 12.5. The molecule has 35 heavy (non-hydrogen) atoms. The number of para-hydroxylation sites is 1. The van der Waals surface area contributed by atoms with E-state index in [1.165, 1.54) is 4.90 Å². The van der Waals surface area contributed by atoms with Crippen molar-refractivity contribution in [3.63, 3.8) is 0 Å². The normalized spacial score (nSPS) is 18.0. The van der Waals surface area contributed by atoms with E-state index >= 15 is 0 Å². The molecule has 8 heteroatoms. The lowest BCUT2D eigenvalue weighted by Crippen LogP contribution is -2.32. The van der Waals surface area contributed by atoms with Crippen molar-refractivity contribution < 1.29 is 14.2 Å². The molecule has 176 valence electrons. The highest BCUT2D eigenvalue weighted by atomic mass is 32.2. The molecular weight excluding hydrogens is 460 g/mol. The zero-order valence-corrected chi connectivity index (χ0v) is 20.4. The van der Waals surface area contributed by atoms with Crippen LogP contribution < -0.4 is 19.5 Å². The first kappa shape index (κ1) is 21.6. The minimum Gasteiger partial charge on any atom is -0.493 e. The van der Waals surface area contributed by atoms with E-state index in [0.29, 0.717) is 17.4 Å². The number of hydrogen-bond donors (Lipinski definition) is 1. The van der Waals surface area contributed by atoms with Crippen molar-refractivity contribution in [2.45, 2.75) is 17.0 Å².